The minimum absolute atomic E-state index is 0.275. The molecule has 2 unspecified atom stereocenters. The van der Waals surface area contributed by atoms with E-state index >= 15 is 0 Å². The number of halogens is 2. The molecule has 3 nitrogen and oxygen atoms in total. The molecule has 0 radical (unpaired) electrons. The third kappa shape index (κ3) is 3.61. The molecule has 21 heavy (non-hydrogen) atoms. The molecule has 0 aliphatic rings. The monoisotopic (exact) mass is 353 g/mol. The summed E-state index contributed by atoms with van der Waals surface area (Å²) in [6.45, 7) is 0.275. The van der Waals surface area contributed by atoms with Crippen LogP contribution in [0.5, 0.6) is 5.75 Å². The standard InChI is InChI=1S/C16H17BrFNO2/c1-21-12-5-2-10(3-6-12)14(9-19)16(20)13-7-4-11(18)8-15(13)17/h2-8,14,16,20H,9,19H2,1H3. The minimum atomic E-state index is -0.821. The molecule has 2 aromatic carbocycles. The van der Waals surface area contributed by atoms with Crippen LogP contribution in [-0.2, 0) is 0 Å². The number of hydrogen-bond donors (Lipinski definition) is 2. The Morgan fingerprint density at radius 3 is 2.43 bits per heavy atom. The number of nitrogens with two attached hydrogens (primary N) is 1. The third-order valence-electron chi connectivity index (χ3n) is 3.46. The second-order valence-electron chi connectivity index (χ2n) is 4.73. The Kier molecular flexibility index (Phi) is 5.33. The van der Waals surface area contributed by atoms with E-state index in [2.05, 4.69) is 15.9 Å². The van der Waals surface area contributed by atoms with E-state index in [4.69, 9.17) is 10.5 Å². The fraction of sp³-hybridized carbons (Fsp3) is 0.250. The molecule has 2 rings (SSSR count). The maximum absolute atomic E-state index is 13.2. The van der Waals surface area contributed by atoms with Crippen LogP contribution in [-0.4, -0.2) is 18.8 Å². The number of ether oxygens (including phenoxy) is 1. The molecule has 0 saturated carbocycles. The van der Waals surface area contributed by atoms with Crippen molar-refractivity contribution in [2.75, 3.05) is 13.7 Å². The average molecular weight is 354 g/mol. The molecule has 0 aliphatic carbocycles. The maximum atomic E-state index is 13.2. The number of methoxy groups -OCH3 is 1. The minimum Gasteiger partial charge on any atom is -0.497 e. The predicted molar refractivity (Wildman–Crippen MR) is 83.8 cm³/mol. The number of aliphatic hydroxyl groups excluding tert-OH is 1. The Hall–Kier alpha value is -1.43. The lowest BCUT2D eigenvalue weighted by atomic mass is 9.89. The van der Waals surface area contributed by atoms with Crippen molar-refractivity contribution in [3.63, 3.8) is 0 Å². The molecular formula is C16H17BrFNO2. The number of benzene rings is 2. The first-order valence-corrected chi connectivity index (χ1v) is 7.33. The summed E-state index contributed by atoms with van der Waals surface area (Å²) in [5, 5.41) is 10.6. The van der Waals surface area contributed by atoms with Crippen LogP contribution in [0.3, 0.4) is 0 Å². The number of rotatable bonds is 5. The van der Waals surface area contributed by atoms with Crippen molar-refractivity contribution in [2.24, 2.45) is 5.73 Å². The SMILES string of the molecule is COc1ccc(C(CN)C(O)c2ccc(F)cc2Br)cc1. The smallest absolute Gasteiger partial charge is 0.124 e. The molecule has 3 N–H and O–H groups in total. The van der Waals surface area contributed by atoms with Crippen LogP contribution in [0.4, 0.5) is 4.39 Å². The van der Waals surface area contributed by atoms with Crippen LogP contribution in [0.2, 0.25) is 0 Å². The van der Waals surface area contributed by atoms with Crippen LogP contribution in [0.25, 0.3) is 0 Å². The fourth-order valence-corrected chi connectivity index (χ4v) is 2.84. The van der Waals surface area contributed by atoms with Crippen molar-refractivity contribution >= 4 is 15.9 Å². The van der Waals surface area contributed by atoms with Crippen molar-refractivity contribution in [1.82, 2.24) is 0 Å². The predicted octanol–water partition coefficient (Wildman–Crippen LogP) is 3.37. The highest BCUT2D eigenvalue weighted by molar-refractivity contribution is 9.10. The van der Waals surface area contributed by atoms with Gasteiger partial charge in [-0.2, -0.15) is 0 Å². The summed E-state index contributed by atoms with van der Waals surface area (Å²) < 4.78 is 18.8. The molecule has 0 aliphatic heterocycles. The fourth-order valence-electron chi connectivity index (χ4n) is 2.26. The Morgan fingerprint density at radius 1 is 1.24 bits per heavy atom. The molecule has 112 valence electrons. The van der Waals surface area contributed by atoms with Crippen LogP contribution in [0, 0.1) is 5.82 Å². The second kappa shape index (κ2) is 7.02. The molecule has 0 fully saturated rings. The number of aliphatic hydroxyl groups is 1. The van der Waals surface area contributed by atoms with Crippen molar-refractivity contribution in [2.45, 2.75) is 12.0 Å². The Morgan fingerprint density at radius 2 is 1.90 bits per heavy atom. The molecule has 5 heteroatoms. The van der Waals surface area contributed by atoms with Gasteiger partial charge in [0.1, 0.15) is 11.6 Å². The van der Waals surface area contributed by atoms with E-state index < -0.39 is 6.10 Å². The third-order valence-corrected chi connectivity index (χ3v) is 4.15. The van der Waals surface area contributed by atoms with Gasteiger partial charge in [-0.25, -0.2) is 4.39 Å². The summed E-state index contributed by atoms with van der Waals surface area (Å²) in [7, 11) is 1.60. The van der Waals surface area contributed by atoms with Gasteiger partial charge < -0.3 is 15.6 Å². The van der Waals surface area contributed by atoms with Gasteiger partial charge in [0, 0.05) is 16.9 Å². The molecule has 0 aromatic heterocycles. The number of hydrogen-bond acceptors (Lipinski definition) is 3. The highest BCUT2D eigenvalue weighted by Crippen LogP contribution is 2.34. The zero-order valence-corrected chi connectivity index (χ0v) is 13.2. The van der Waals surface area contributed by atoms with E-state index in [0.29, 0.717) is 10.0 Å². The molecule has 2 atom stereocenters. The summed E-state index contributed by atoms with van der Waals surface area (Å²) in [6.07, 6.45) is -0.821. The van der Waals surface area contributed by atoms with Crippen molar-refractivity contribution in [3.05, 3.63) is 63.9 Å². The van der Waals surface area contributed by atoms with Crippen molar-refractivity contribution < 1.29 is 14.2 Å². The van der Waals surface area contributed by atoms with E-state index in [9.17, 15) is 9.50 Å². The van der Waals surface area contributed by atoms with Crippen LogP contribution >= 0.6 is 15.9 Å². The highest BCUT2D eigenvalue weighted by Gasteiger charge is 2.23. The lowest BCUT2D eigenvalue weighted by Crippen LogP contribution is -2.20. The van der Waals surface area contributed by atoms with Gasteiger partial charge in [0.25, 0.3) is 0 Å². The lowest BCUT2D eigenvalue weighted by molar-refractivity contribution is 0.146. The van der Waals surface area contributed by atoms with E-state index in [1.165, 1.54) is 12.1 Å². The molecule has 0 saturated heterocycles. The van der Waals surface area contributed by atoms with Crippen molar-refractivity contribution in [1.29, 1.82) is 0 Å². The second-order valence-corrected chi connectivity index (χ2v) is 5.58. The van der Waals surface area contributed by atoms with Gasteiger partial charge >= 0.3 is 0 Å². The van der Waals surface area contributed by atoms with Gasteiger partial charge in [-0.3, -0.25) is 0 Å². The maximum Gasteiger partial charge on any atom is 0.124 e. The summed E-state index contributed by atoms with van der Waals surface area (Å²) in [4.78, 5) is 0. The van der Waals surface area contributed by atoms with E-state index in [0.717, 1.165) is 11.3 Å². The molecule has 0 spiro atoms. The largest absolute Gasteiger partial charge is 0.497 e. The van der Waals surface area contributed by atoms with Crippen LogP contribution in [0.15, 0.2) is 46.9 Å². The Balaban J connectivity index is 2.30. The Bertz CT molecular complexity index is 604. The average Bonchev–Trinajstić information content (AvgIpc) is 2.48. The normalized spacial score (nSPS) is 13.8. The van der Waals surface area contributed by atoms with Gasteiger partial charge in [0.05, 0.1) is 13.2 Å². The topological polar surface area (TPSA) is 55.5 Å². The van der Waals surface area contributed by atoms with Gasteiger partial charge in [0.15, 0.2) is 0 Å². The van der Waals surface area contributed by atoms with Gasteiger partial charge in [0.2, 0.25) is 0 Å². The van der Waals surface area contributed by atoms with Crippen molar-refractivity contribution in [3.8, 4) is 5.75 Å². The zero-order chi connectivity index (χ0) is 15.4. The molecule has 0 bridgehead atoms. The summed E-state index contributed by atoms with van der Waals surface area (Å²) in [6, 6.07) is 11.6. The molecular weight excluding hydrogens is 337 g/mol. The van der Waals surface area contributed by atoms with Crippen LogP contribution < -0.4 is 10.5 Å². The molecule has 2 aromatic rings. The molecule has 0 heterocycles. The van der Waals surface area contributed by atoms with E-state index in [1.807, 2.05) is 24.3 Å². The first kappa shape index (κ1) is 15.9. The van der Waals surface area contributed by atoms with E-state index in [-0.39, 0.29) is 18.3 Å². The van der Waals surface area contributed by atoms with E-state index in [1.54, 1.807) is 13.2 Å². The van der Waals surface area contributed by atoms with Gasteiger partial charge in [-0.15, -0.1) is 0 Å². The summed E-state index contributed by atoms with van der Waals surface area (Å²) in [5.74, 6) is 0.108. The Labute approximate surface area is 131 Å². The first-order valence-electron chi connectivity index (χ1n) is 6.54. The quantitative estimate of drug-likeness (QED) is 0.866. The summed E-state index contributed by atoms with van der Waals surface area (Å²) >= 11 is 3.28. The van der Waals surface area contributed by atoms with Gasteiger partial charge in [-0.05, 0) is 35.4 Å². The zero-order valence-electron chi connectivity index (χ0n) is 11.6. The first-order chi connectivity index (χ1) is 10.1. The van der Waals surface area contributed by atoms with Crippen LogP contribution in [0.1, 0.15) is 23.1 Å². The summed E-state index contributed by atoms with van der Waals surface area (Å²) in [5.41, 5.74) is 7.33. The highest BCUT2D eigenvalue weighted by atomic mass is 79.9. The lowest BCUT2D eigenvalue weighted by Gasteiger charge is -2.23. The van der Waals surface area contributed by atoms with Gasteiger partial charge in [-0.1, -0.05) is 34.1 Å². The molecule has 0 amide bonds.